The molecule has 3 aromatic carbocycles. The van der Waals surface area contributed by atoms with Gasteiger partial charge in [0.05, 0.1) is 17.6 Å². The van der Waals surface area contributed by atoms with Gasteiger partial charge in [0.15, 0.2) is 11.4 Å². The van der Waals surface area contributed by atoms with Crippen LogP contribution in [-0.4, -0.2) is 27.1 Å². The summed E-state index contributed by atoms with van der Waals surface area (Å²) in [5.41, 5.74) is 6.60. The van der Waals surface area contributed by atoms with Crippen molar-refractivity contribution < 1.29 is 5.11 Å². The van der Waals surface area contributed by atoms with Gasteiger partial charge in [-0.1, -0.05) is 36.4 Å². The van der Waals surface area contributed by atoms with E-state index in [1.165, 1.54) is 34.8 Å². The number of nitrogens with one attached hydrogen (secondary N) is 1. The highest BCUT2D eigenvalue weighted by Gasteiger charge is 2.15. The lowest BCUT2D eigenvalue weighted by molar-refractivity contribution is 0.478. The molecule has 0 spiro atoms. The van der Waals surface area contributed by atoms with Crippen molar-refractivity contribution in [2.45, 2.75) is 25.7 Å². The summed E-state index contributed by atoms with van der Waals surface area (Å²) in [5, 5.41) is 33.9. The maximum atomic E-state index is 13.0. The van der Waals surface area contributed by atoms with Crippen molar-refractivity contribution in [1.82, 2.24) is 9.78 Å². The van der Waals surface area contributed by atoms with Gasteiger partial charge in [-0.05, 0) is 71.9 Å². The van der Waals surface area contributed by atoms with Crippen LogP contribution in [0, 0.1) is 0 Å². The van der Waals surface area contributed by atoms with Crippen molar-refractivity contribution in [3.63, 3.8) is 0 Å². The molecule has 0 fully saturated rings. The average Bonchev–Trinajstić information content (AvgIpc) is 3.58. The second-order valence-corrected chi connectivity index (χ2v) is 8.85. The number of benzene rings is 3. The maximum Gasteiger partial charge on any atom is 0.298 e. The van der Waals surface area contributed by atoms with Crippen molar-refractivity contribution >= 4 is 17.1 Å². The zero-order chi connectivity index (χ0) is 24.5. The zero-order valence-corrected chi connectivity index (χ0v) is 19.4. The highest BCUT2D eigenvalue weighted by Crippen LogP contribution is 2.38. The van der Waals surface area contributed by atoms with Gasteiger partial charge in [-0.15, -0.1) is 15.3 Å². The van der Waals surface area contributed by atoms with E-state index in [1.807, 2.05) is 30.3 Å². The van der Waals surface area contributed by atoms with Crippen molar-refractivity contribution in [3.8, 4) is 22.6 Å². The van der Waals surface area contributed by atoms with Crippen LogP contribution < -0.4 is 5.56 Å². The molecule has 2 N–H and O–H groups in total. The van der Waals surface area contributed by atoms with Crippen LogP contribution in [0.5, 0.6) is 5.75 Å². The molecule has 9 heteroatoms. The van der Waals surface area contributed by atoms with Crippen molar-refractivity contribution in [1.29, 1.82) is 0 Å². The Morgan fingerprint density at radius 2 is 1.69 bits per heavy atom. The maximum absolute atomic E-state index is 13.0. The summed E-state index contributed by atoms with van der Waals surface area (Å²) in [7, 11) is 0. The van der Waals surface area contributed by atoms with Gasteiger partial charge in [0.25, 0.3) is 5.56 Å². The smallest absolute Gasteiger partial charge is 0.298 e. The Morgan fingerprint density at radius 3 is 2.56 bits per heavy atom. The second-order valence-electron chi connectivity index (χ2n) is 8.85. The van der Waals surface area contributed by atoms with E-state index in [2.05, 4.69) is 42.9 Å². The van der Waals surface area contributed by atoms with Gasteiger partial charge in [-0.3, -0.25) is 9.89 Å². The number of phenolic OH excluding ortho intramolecular Hbond substituents is 1. The molecule has 0 radical (unpaired) electrons. The fourth-order valence-corrected chi connectivity index (χ4v) is 4.67. The van der Waals surface area contributed by atoms with E-state index in [9.17, 15) is 9.90 Å². The van der Waals surface area contributed by atoms with E-state index in [0.29, 0.717) is 12.1 Å². The number of azo groups is 1. The number of aromatic nitrogens is 2. The van der Waals surface area contributed by atoms with E-state index >= 15 is 0 Å². The standard InChI is InChI=1S/C27H23N7O2/c35-26-22(19-7-3-8-20(13-19)24-15-28-33-32-24)9-4-10-23(26)30-31-25-16-29-34(27(25)36)21-12-11-17-5-1-2-6-18(17)14-21/h3-4,7-14,16,29,35H,1-2,5-6,15H2. The predicted octanol–water partition coefficient (Wildman–Crippen LogP) is 6.00. The number of H-pyrrole nitrogens is 1. The Hall–Kier alpha value is -4.66. The van der Waals surface area contributed by atoms with Gasteiger partial charge in [0.2, 0.25) is 0 Å². The van der Waals surface area contributed by atoms with Gasteiger partial charge in [-0.25, -0.2) is 4.68 Å². The zero-order valence-electron chi connectivity index (χ0n) is 19.4. The third-order valence-electron chi connectivity index (χ3n) is 6.58. The summed E-state index contributed by atoms with van der Waals surface area (Å²) in [6.45, 7) is 0.434. The van der Waals surface area contributed by atoms with Crippen LogP contribution in [0.15, 0.2) is 97.3 Å². The fraction of sp³-hybridized carbons (Fsp3) is 0.185. The Bertz CT molecular complexity index is 1610. The summed E-state index contributed by atoms with van der Waals surface area (Å²) in [5.74, 6) is -0.0216. The molecule has 2 aliphatic rings. The van der Waals surface area contributed by atoms with Gasteiger partial charge in [0, 0.05) is 11.1 Å². The first-order chi connectivity index (χ1) is 17.7. The lowest BCUT2D eigenvalue weighted by Crippen LogP contribution is -2.15. The minimum Gasteiger partial charge on any atom is -0.505 e. The van der Waals surface area contributed by atoms with Crippen LogP contribution in [0.25, 0.3) is 16.8 Å². The number of aromatic amines is 1. The van der Waals surface area contributed by atoms with Crippen LogP contribution in [0.1, 0.15) is 29.5 Å². The molecule has 0 atom stereocenters. The normalized spacial score (nSPS) is 14.8. The fourth-order valence-electron chi connectivity index (χ4n) is 4.67. The highest BCUT2D eigenvalue weighted by atomic mass is 16.3. The largest absolute Gasteiger partial charge is 0.505 e. The van der Waals surface area contributed by atoms with E-state index in [1.54, 1.807) is 18.2 Å². The summed E-state index contributed by atoms with van der Waals surface area (Å²) in [6, 6.07) is 19.0. The van der Waals surface area contributed by atoms with Crippen molar-refractivity contribution in [2.24, 2.45) is 25.7 Å². The van der Waals surface area contributed by atoms with E-state index in [4.69, 9.17) is 0 Å². The number of rotatable bonds is 5. The first kappa shape index (κ1) is 21.8. The van der Waals surface area contributed by atoms with Crippen molar-refractivity contribution in [2.75, 3.05) is 6.54 Å². The third kappa shape index (κ3) is 4.04. The minimum absolute atomic E-state index is 0.0216. The molecule has 9 nitrogen and oxygen atoms in total. The molecule has 6 rings (SSSR count). The average molecular weight is 478 g/mol. The number of phenols is 1. The molecule has 178 valence electrons. The van der Waals surface area contributed by atoms with Gasteiger partial charge < -0.3 is 5.11 Å². The molecule has 0 saturated carbocycles. The number of fused-ring (bicyclic) bond motifs is 1. The molecule has 1 aliphatic heterocycles. The summed E-state index contributed by atoms with van der Waals surface area (Å²) in [4.78, 5) is 13.0. The molecule has 36 heavy (non-hydrogen) atoms. The van der Waals surface area contributed by atoms with Crippen LogP contribution in [0.3, 0.4) is 0 Å². The van der Waals surface area contributed by atoms with Crippen LogP contribution in [-0.2, 0) is 12.8 Å². The summed E-state index contributed by atoms with van der Waals surface area (Å²) in [6.07, 6.45) is 6.02. The minimum atomic E-state index is -0.300. The Kier molecular flexibility index (Phi) is 5.57. The molecule has 0 bridgehead atoms. The van der Waals surface area contributed by atoms with Gasteiger partial charge in [0.1, 0.15) is 12.2 Å². The predicted molar refractivity (Wildman–Crippen MR) is 137 cm³/mol. The van der Waals surface area contributed by atoms with Crippen molar-refractivity contribution in [3.05, 3.63) is 93.9 Å². The molecule has 1 aliphatic carbocycles. The lowest BCUT2D eigenvalue weighted by Gasteiger charge is -2.16. The molecule has 4 aromatic rings. The second kappa shape index (κ2) is 9.18. The lowest BCUT2D eigenvalue weighted by atomic mass is 9.91. The quantitative estimate of drug-likeness (QED) is 0.343. The van der Waals surface area contributed by atoms with Crippen LogP contribution in [0.2, 0.25) is 0 Å². The SMILES string of the molecule is O=c1c(N=Nc2cccc(-c3cccc(C4=NN=NC4)c3)c2O)c[nH]n1-c1ccc2c(c1)CCCC2. The third-order valence-corrected chi connectivity index (χ3v) is 6.58. The van der Waals surface area contributed by atoms with Crippen LogP contribution >= 0.6 is 0 Å². The molecular formula is C27H23N7O2. The number of aryl methyl sites for hydroxylation is 2. The first-order valence-corrected chi connectivity index (χ1v) is 11.9. The van der Waals surface area contributed by atoms with Gasteiger partial charge in [-0.2, -0.15) is 5.11 Å². The molecule has 0 unspecified atom stereocenters. The monoisotopic (exact) mass is 477 g/mol. The summed E-state index contributed by atoms with van der Waals surface area (Å²) < 4.78 is 1.47. The molecule has 0 saturated heterocycles. The molecule has 1 aromatic heterocycles. The number of aromatic hydroxyl groups is 1. The summed E-state index contributed by atoms with van der Waals surface area (Å²) >= 11 is 0. The van der Waals surface area contributed by atoms with Gasteiger partial charge >= 0.3 is 0 Å². The van der Waals surface area contributed by atoms with E-state index < -0.39 is 0 Å². The van der Waals surface area contributed by atoms with E-state index in [0.717, 1.165) is 35.4 Å². The topological polar surface area (TPSA) is 120 Å². The van der Waals surface area contributed by atoms with Crippen LogP contribution in [0.4, 0.5) is 11.4 Å². The number of para-hydroxylation sites is 1. The van der Waals surface area contributed by atoms with E-state index in [-0.39, 0.29) is 22.7 Å². The first-order valence-electron chi connectivity index (χ1n) is 11.9. The Morgan fingerprint density at radius 1 is 0.889 bits per heavy atom. The number of hydrogen-bond acceptors (Lipinski definition) is 7. The molecule has 2 heterocycles. The highest BCUT2D eigenvalue weighted by molar-refractivity contribution is 6.03. The molecule has 0 amide bonds. The number of hydrogen-bond donors (Lipinski definition) is 2. The Balaban J connectivity index is 1.28. The Labute approximate surface area is 206 Å². The molecular weight excluding hydrogens is 454 g/mol. The number of nitrogens with zero attached hydrogens (tertiary/aromatic N) is 6.